The van der Waals surface area contributed by atoms with Gasteiger partial charge in [-0.15, -0.1) is 0 Å². The van der Waals surface area contributed by atoms with E-state index in [-0.39, 0.29) is 11.7 Å². The molecule has 1 unspecified atom stereocenters. The average molecular weight is 137 g/mol. The Labute approximate surface area is 58.3 Å². The van der Waals surface area contributed by atoms with E-state index in [1.54, 1.807) is 12.3 Å². The molecule has 0 saturated heterocycles. The van der Waals surface area contributed by atoms with E-state index in [0.717, 1.165) is 5.76 Å². The van der Waals surface area contributed by atoms with Crippen LogP contribution in [0.25, 0.3) is 0 Å². The summed E-state index contributed by atoms with van der Waals surface area (Å²) in [5, 5.41) is 9.15. The van der Waals surface area contributed by atoms with Crippen molar-refractivity contribution in [2.45, 2.75) is 0 Å². The van der Waals surface area contributed by atoms with Crippen LogP contribution in [0.3, 0.4) is 0 Å². The number of fused-ring (bicyclic) bond motifs is 1. The topological polar surface area (TPSA) is 41.8 Å². The summed E-state index contributed by atoms with van der Waals surface area (Å²) in [6, 6.07) is 0. The van der Waals surface area contributed by atoms with Gasteiger partial charge in [-0.1, -0.05) is 0 Å². The number of hydrogen-bond acceptors (Lipinski definition) is 3. The lowest BCUT2D eigenvalue weighted by Crippen LogP contribution is -2.10. The molecule has 2 rings (SSSR count). The summed E-state index contributed by atoms with van der Waals surface area (Å²) < 4.78 is 5.03. The van der Waals surface area contributed by atoms with Crippen LogP contribution in [0.4, 0.5) is 0 Å². The second-order valence-corrected chi connectivity index (χ2v) is 2.30. The van der Waals surface area contributed by atoms with Crippen molar-refractivity contribution in [1.82, 2.24) is 0 Å². The van der Waals surface area contributed by atoms with E-state index < -0.39 is 0 Å². The second-order valence-electron chi connectivity index (χ2n) is 2.30. The van der Waals surface area contributed by atoms with Crippen molar-refractivity contribution in [3.63, 3.8) is 0 Å². The van der Waals surface area contributed by atoms with Gasteiger partial charge in [-0.3, -0.25) is 4.99 Å². The van der Waals surface area contributed by atoms with Gasteiger partial charge in [0.1, 0.15) is 17.8 Å². The van der Waals surface area contributed by atoms with Crippen molar-refractivity contribution in [1.29, 1.82) is 0 Å². The van der Waals surface area contributed by atoms with E-state index in [4.69, 9.17) is 9.84 Å². The van der Waals surface area contributed by atoms with Gasteiger partial charge in [0.25, 0.3) is 0 Å². The number of hydrogen-bond donors (Lipinski definition) is 1. The smallest absolute Gasteiger partial charge is 0.140 e. The molecule has 1 N–H and O–H groups in total. The highest BCUT2D eigenvalue weighted by Crippen LogP contribution is 2.28. The van der Waals surface area contributed by atoms with Gasteiger partial charge in [0.05, 0.1) is 12.5 Å². The van der Waals surface area contributed by atoms with Crippen LogP contribution in [0.15, 0.2) is 28.8 Å². The predicted octanol–water partition coefficient (Wildman–Crippen LogP) is 1.00. The van der Waals surface area contributed by atoms with E-state index in [1.165, 1.54) is 6.26 Å². The Bertz CT molecular complexity index is 240. The molecule has 0 aliphatic carbocycles. The molecule has 3 heteroatoms. The molecular weight excluding hydrogens is 130 g/mol. The molecule has 0 amide bonds. The van der Waals surface area contributed by atoms with Crippen LogP contribution in [0.2, 0.25) is 0 Å². The molecular formula is C7H7NO2. The van der Waals surface area contributed by atoms with Gasteiger partial charge >= 0.3 is 0 Å². The normalized spacial score (nSPS) is 28.6. The maximum absolute atomic E-state index is 9.15. The Balaban J connectivity index is 2.30. The number of rotatable bonds is 0. The second kappa shape index (κ2) is 1.87. The maximum atomic E-state index is 9.15. The minimum Gasteiger partial charge on any atom is -0.508 e. The summed E-state index contributed by atoms with van der Waals surface area (Å²) in [6.45, 7) is 0.605. The minimum atomic E-state index is -0.00926. The Kier molecular flexibility index (Phi) is 1.03. The first-order chi connectivity index (χ1) is 4.88. The molecule has 2 aliphatic rings. The average Bonchev–Trinajstić information content (AvgIpc) is 2.34. The van der Waals surface area contributed by atoms with Crippen molar-refractivity contribution >= 4 is 6.21 Å². The van der Waals surface area contributed by atoms with E-state index in [0.29, 0.717) is 6.54 Å². The van der Waals surface area contributed by atoms with Gasteiger partial charge in [-0.2, -0.15) is 0 Å². The lowest BCUT2D eigenvalue weighted by atomic mass is 10.1. The number of nitrogens with zero attached hydrogens (tertiary/aromatic N) is 1. The van der Waals surface area contributed by atoms with Crippen molar-refractivity contribution < 1.29 is 9.84 Å². The van der Waals surface area contributed by atoms with Gasteiger partial charge in [0.15, 0.2) is 0 Å². The molecule has 1 atom stereocenters. The molecule has 0 fully saturated rings. The van der Waals surface area contributed by atoms with Gasteiger partial charge in [0, 0.05) is 6.21 Å². The lowest BCUT2D eigenvalue weighted by Gasteiger charge is -2.10. The van der Waals surface area contributed by atoms with Gasteiger partial charge in [-0.25, -0.2) is 0 Å². The van der Waals surface area contributed by atoms with E-state index in [2.05, 4.69) is 4.99 Å². The van der Waals surface area contributed by atoms with Crippen LogP contribution in [0.5, 0.6) is 0 Å². The summed E-state index contributed by atoms with van der Waals surface area (Å²) in [5.74, 6) is 1.07. The summed E-state index contributed by atoms with van der Waals surface area (Å²) in [4.78, 5) is 3.99. The molecule has 0 aromatic heterocycles. The number of aliphatic hydroxyl groups is 1. The van der Waals surface area contributed by atoms with Crippen LogP contribution < -0.4 is 0 Å². The van der Waals surface area contributed by atoms with Gasteiger partial charge < -0.3 is 9.84 Å². The SMILES string of the molecule is OC1=COC2=CC=NCC12. The molecule has 52 valence electrons. The van der Waals surface area contributed by atoms with Crippen LogP contribution in [-0.2, 0) is 4.74 Å². The number of aliphatic imine (C=N–C) groups is 1. The zero-order valence-corrected chi connectivity index (χ0v) is 5.32. The highest BCUT2D eigenvalue weighted by molar-refractivity contribution is 5.73. The van der Waals surface area contributed by atoms with Crippen LogP contribution in [0, 0.1) is 5.92 Å². The Hall–Kier alpha value is -1.25. The Morgan fingerprint density at radius 1 is 1.70 bits per heavy atom. The first-order valence-corrected chi connectivity index (χ1v) is 3.13. The third-order valence-electron chi connectivity index (χ3n) is 1.65. The van der Waals surface area contributed by atoms with Gasteiger partial charge in [-0.05, 0) is 6.08 Å². The molecule has 2 heterocycles. The predicted molar refractivity (Wildman–Crippen MR) is 36.7 cm³/mol. The number of ether oxygens (including phenoxy) is 1. The van der Waals surface area contributed by atoms with Crippen molar-refractivity contribution in [3.05, 3.63) is 23.9 Å². The molecule has 0 radical (unpaired) electrons. The summed E-state index contributed by atoms with van der Waals surface area (Å²) in [5.41, 5.74) is 0. The fraction of sp³-hybridized carbons (Fsp3) is 0.286. The largest absolute Gasteiger partial charge is 0.508 e. The molecule has 0 aromatic rings. The first-order valence-electron chi connectivity index (χ1n) is 3.13. The summed E-state index contributed by atoms with van der Waals surface area (Å²) >= 11 is 0. The Morgan fingerprint density at radius 2 is 2.60 bits per heavy atom. The van der Waals surface area contributed by atoms with E-state index in [9.17, 15) is 0 Å². The fourth-order valence-corrected chi connectivity index (χ4v) is 1.07. The zero-order chi connectivity index (χ0) is 6.97. The molecule has 0 bridgehead atoms. The standard InChI is InChI=1S/C7H7NO2/c9-6-4-10-7-1-2-8-3-5(6)7/h1-2,4-5,9H,3H2. The number of allylic oxidation sites excluding steroid dienone is 1. The van der Waals surface area contributed by atoms with Crippen molar-refractivity contribution in [3.8, 4) is 0 Å². The molecule has 0 saturated carbocycles. The van der Waals surface area contributed by atoms with E-state index >= 15 is 0 Å². The van der Waals surface area contributed by atoms with Crippen LogP contribution >= 0.6 is 0 Å². The first kappa shape index (κ1) is 5.53. The third kappa shape index (κ3) is 0.635. The zero-order valence-electron chi connectivity index (χ0n) is 5.32. The number of dihydropyridines is 1. The van der Waals surface area contributed by atoms with E-state index in [1.807, 2.05) is 0 Å². The molecule has 10 heavy (non-hydrogen) atoms. The lowest BCUT2D eigenvalue weighted by molar-refractivity contribution is 0.335. The summed E-state index contributed by atoms with van der Waals surface area (Å²) in [7, 11) is 0. The van der Waals surface area contributed by atoms with Gasteiger partial charge in [0.2, 0.25) is 0 Å². The summed E-state index contributed by atoms with van der Waals surface area (Å²) in [6.07, 6.45) is 4.83. The van der Waals surface area contributed by atoms with Crippen molar-refractivity contribution in [2.24, 2.45) is 10.9 Å². The van der Waals surface area contributed by atoms with Crippen LogP contribution in [0.1, 0.15) is 0 Å². The molecule has 2 aliphatic heterocycles. The minimum absolute atomic E-state index is 0.00926. The third-order valence-corrected chi connectivity index (χ3v) is 1.65. The fourth-order valence-electron chi connectivity index (χ4n) is 1.07. The highest BCUT2D eigenvalue weighted by atomic mass is 16.5. The highest BCUT2D eigenvalue weighted by Gasteiger charge is 2.26. The maximum Gasteiger partial charge on any atom is 0.140 e. The van der Waals surface area contributed by atoms with Crippen molar-refractivity contribution in [2.75, 3.05) is 6.54 Å². The molecule has 3 nitrogen and oxygen atoms in total. The number of aliphatic hydroxyl groups excluding tert-OH is 1. The monoisotopic (exact) mass is 137 g/mol. The molecule has 0 aromatic carbocycles. The molecule has 0 spiro atoms. The quantitative estimate of drug-likeness (QED) is 0.541. The Morgan fingerprint density at radius 3 is 3.40 bits per heavy atom. The van der Waals surface area contributed by atoms with Crippen LogP contribution in [-0.4, -0.2) is 17.9 Å².